The van der Waals surface area contributed by atoms with E-state index in [2.05, 4.69) is 23.5 Å². The Balaban J connectivity index is 1.81. The highest BCUT2D eigenvalue weighted by molar-refractivity contribution is 6.33. The van der Waals surface area contributed by atoms with Gasteiger partial charge in [0.25, 0.3) is 5.69 Å². The molecule has 1 aliphatic heterocycles. The van der Waals surface area contributed by atoms with Crippen molar-refractivity contribution in [2.75, 3.05) is 5.32 Å². The molecule has 1 aliphatic carbocycles. The second-order valence-electron chi connectivity index (χ2n) is 6.15. The molecule has 0 amide bonds. The molecule has 3 atom stereocenters. The molecule has 0 radical (unpaired) electrons. The lowest BCUT2D eigenvalue weighted by Gasteiger charge is -2.37. The molecule has 4 nitrogen and oxygen atoms in total. The Labute approximate surface area is 149 Å². The lowest BCUT2D eigenvalue weighted by molar-refractivity contribution is -0.384. The second-order valence-corrected chi connectivity index (χ2v) is 6.96. The molecule has 0 unspecified atom stereocenters. The first-order valence-electron chi connectivity index (χ1n) is 7.71. The van der Waals surface area contributed by atoms with E-state index in [0.29, 0.717) is 10.9 Å². The van der Waals surface area contributed by atoms with E-state index in [4.69, 9.17) is 23.2 Å². The Bertz CT molecular complexity index is 866. The number of allylic oxidation sites excluding steroid dienone is 2. The van der Waals surface area contributed by atoms with Crippen molar-refractivity contribution in [2.45, 2.75) is 18.4 Å². The van der Waals surface area contributed by atoms with Gasteiger partial charge in [0.05, 0.1) is 21.7 Å². The van der Waals surface area contributed by atoms with E-state index in [1.807, 2.05) is 18.2 Å². The van der Waals surface area contributed by atoms with Gasteiger partial charge < -0.3 is 5.32 Å². The summed E-state index contributed by atoms with van der Waals surface area (Å²) in [6.07, 6.45) is 5.30. The number of nitro benzene ring substituents is 1. The highest BCUT2D eigenvalue weighted by Gasteiger charge is 2.39. The summed E-state index contributed by atoms with van der Waals surface area (Å²) in [4.78, 5) is 10.8. The Hall–Kier alpha value is -2.04. The number of anilines is 1. The van der Waals surface area contributed by atoms with Gasteiger partial charge in [-0.15, -0.1) is 0 Å². The quantitative estimate of drug-likeness (QED) is 0.422. The number of para-hydroxylation sites is 1. The van der Waals surface area contributed by atoms with Crippen LogP contribution in [0.2, 0.25) is 10.0 Å². The molecule has 2 aliphatic rings. The summed E-state index contributed by atoms with van der Waals surface area (Å²) < 4.78 is 0. The number of nitro groups is 1. The smallest absolute Gasteiger partial charge is 0.288 e. The van der Waals surface area contributed by atoms with Gasteiger partial charge in [0.15, 0.2) is 0 Å². The SMILES string of the molecule is O=[N+]([O-])c1cc([C@@H]2Nc3c(Cl)cccc3[C@H]3C=CC[C@@H]32)ccc1Cl. The lowest BCUT2D eigenvalue weighted by Crippen LogP contribution is -2.29. The molecule has 0 spiro atoms. The van der Waals surface area contributed by atoms with E-state index in [0.717, 1.165) is 17.7 Å². The number of benzene rings is 2. The third kappa shape index (κ3) is 2.38. The summed E-state index contributed by atoms with van der Waals surface area (Å²) in [6.45, 7) is 0. The third-order valence-electron chi connectivity index (χ3n) is 4.87. The molecule has 1 N–H and O–H groups in total. The molecule has 0 aromatic heterocycles. The predicted octanol–water partition coefficient (Wildman–Crippen LogP) is 5.73. The number of hydrogen-bond acceptors (Lipinski definition) is 3. The van der Waals surface area contributed by atoms with Crippen LogP contribution in [0.15, 0.2) is 48.6 Å². The zero-order valence-corrected chi connectivity index (χ0v) is 14.1. The van der Waals surface area contributed by atoms with Crippen LogP contribution in [0.4, 0.5) is 11.4 Å². The van der Waals surface area contributed by atoms with Gasteiger partial charge >= 0.3 is 0 Å². The molecule has 0 bridgehead atoms. The van der Waals surface area contributed by atoms with Crippen LogP contribution in [0, 0.1) is 16.0 Å². The molecule has 122 valence electrons. The normalized spacial score (nSPS) is 24.2. The van der Waals surface area contributed by atoms with E-state index in [-0.39, 0.29) is 22.7 Å². The van der Waals surface area contributed by atoms with Crippen molar-refractivity contribution in [1.29, 1.82) is 0 Å². The maximum Gasteiger partial charge on any atom is 0.288 e. The fourth-order valence-corrected chi connectivity index (χ4v) is 4.20. The lowest BCUT2D eigenvalue weighted by atomic mass is 9.77. The molecule has 1 heterocycles. The second kappa shape index (κ2) is 5.80. The summed E-state index contributed by atoms with van der Waals surface area (Å²) in [7, 11) is 0. The van der Waals surface area contributed by atoms with Crippen molar-refractivity contribution in [1.82, 2.24) is 0 Å². The van der Waals surface area contributed by atoms with Crippen molar-refractivity contribution >= 4 is 34.6 Å². The molecule has 0 saturated carbocycles. The number of fused-ring (bicyclic) bond motifs is 3. The highest BCUT2D eigenvalue weighted by Crippen LogP contribution is 2.51. The minimum absolute atomic E-state index is 0.0478. The van der Waals surface area contributed by atoms with E-state index in [1.54, 1.807) is 12.1 Å². The van der Waals surface area contributed by atoms with Gasteiger partial charge in [-0.3, -0.25) is 10.1 Å². The standard InChI is InChI=1S/C18H14Cl2N2O2/c19-14-8-7-10(9-16(14)22(23)24)17-12-4-1-3-11(12)13-5-2-6-15(20)18(13)21-17/h1-3,5-9,11-12,17,21H,4H2/t11-,12-,17-/m0/s1. The van der Waals surface area contributed by atoms with Crippen molar-refractivity contribution in [3.63, 3.8) is 0 Å². The Morgan fingerprint density at radius 2 is 2.00 bits per heavy atom. The van der Waals surface area contributed by atoms with Crippen LogP contribution >= 0.6 is 23.2 Å². The van der Waals surface area contributed by atoms with Gasteiger partial charge in [-0.2, -0.15) is 0 Å². The van der Waals surface area contributed by atoms with Crippen molar-refractivity contribution in [3.8, 4) is 0 Å². The van der Waals surface area contributed by atoms with Crippen molar-refractivity contribution in [2.24, 2.45) is 5.92 Å². The summed E-state index contributed by atoms with van der Waals surface area (Å²) in [5.41, 5.74) is 2.88. The van der Waals surface area contributed by atoms with Gasteiger partial charge in [-0.25, -0.2) is 0 Å². The van der Waals surface area contributed by atoms with Gasteiger partial charge in [-0.1, -0.05) is 53.6 Å². The molecule has 0 fully saturated rings. The number of nitrogens with zero attached hydrogens (tertiary/aromatic N) is 1. The fourth-order valence-electron chi connectivity index (χ4n) is 3.78. The maximum atomic E-state index is 11.2. The molecule has 24 heavy (non-hydrogen) atoms. The minimum Gasteiger partial charge on any atom is -0.376 e. The Kier molecular flexibility index (Phi) is 3.74. The highest BCUT2D eigenvalue weighted by atomic mass is 35.5. The number of nitrogens with one attached hydrogen (secondary N) is 1. The van der Waals surface area contributed by atoms with Gasteiger partial charge in [0.2, 0.25) is 0 Å². The third-order valence-corrected chi connectivity index (χ3v) is 5.51. The average molecular weight is 361 g/mol. The van der Waals surface area contributed by atoms with Crippen LogP contribution in [0.25, 0.3) is 0 Å². The fraction of sp³-hybridized carbons (Fsp3) is 0.222. The van der Waals surface area contributed by atoms with E-state index in [9.17, 15) is 10.1 Å². The maximum absolute atomic E-state index is 11.2. The van der Waals surface area contributed by atoms with E-state index < -0.39 is 4.92 Å². The van der Waals surface area contributed by atoms with Crippen LogP contribution in [0.1, 0.15) is 29.5 Å². The van der Waals surface area contributed by atoms with Crippen molar-refractivity contribution in [3.05, 3.63) is 79.8 Å². The molecule has 4 rings (SSSR count). The van der Waals surface area contributed by atoms with Crippen LogP contribution in [0.5, 0.6) is 0 Å². The van der Waals surface area contributed by atoms with Gasteiger partial charge in [0.1, 0.15) is 5.02 Å². The summed E-state index contributed by atoms with van der Waals surface area (Å²) in [6, 6.07) is 10.9. The topological polar surface area (TPSA) is 55.2 Å². The largest absolute Gasteiger partial charge is 0.376 e. The number of rotatable bonds is 2. The summed E-state index contributed by atoms with van der Waals surface area (Å²) in [5, 5.41) is 15.5. The molecule has 0 saturated heterocycles. The van der Waals surface area contributed by atoms with Crippen LogP contribution in [0.3, 0.4) is 0 Å². The monoisotopic (exact) mass is 360 g/mol. The number of halogens is 2. The molecular weight excluding hydrogens is 347 g/mol. The van der Waals surface area contributed by atoms with E-state index in [1.165, 1.54) is 5.56 Å². The van der Waals surface area contributed by atoms with Crippen LogP contribution < -0.4 is 5.32 Å². The zero-order chi connectivity index (χ0) is 16.8. The Morgan fingerprint density at radius 3 is 2.79 bits per heavy atom. The molecule has 2 aromatic carbocycles. The van der Waals surface area contributed by atoms with Crippen LogP contribution in [-0.4, -0.2) is 4.92 Å². The number of hydrogen-bond donors (Lipinski definition) is 1. The summed E-state index contributed by atoms with van der Waals surface area (Å²) in [5.74, 6) is 0.566. The van der Waals surface area contributed by atoms with Gasteiger partial charge in [-0.05, 0) is 35.6 Å². The minimum atomic E-state index is -0.444. The average Bonchev–Trinajstić information content (AvgIpc) is 3.05. The van der Waals surface area contributed by atoms with Gasteiger partial charge in [0, 0.05) is 12.0 Å². The van der Waals surface area contributed by atoms with E-state index >= 15 is 0 Å². The first-order chi connectivity index (χ1) is 11.6. The predicted molar refractivity (Wildman–Crippen MR) is 95.9 cm³/mol. The molecule has 2 aromatic rings. The summed E-state index contributed by atoms with van der Waals surface area (Å²) >= 11 is 12.3. The first-order valence-corrected chi connectivity index (χ1v) is 8.47. The first kappa shape index (κ1) is 15.5. The van der Waals surface area contributed by atoms with Crippen molar-refractivity contribution < 1.29 is 4.92 Å². The molecular formula is C18H14Cl2N2O2. The Morgan fingerprint density at radius 1 is 1.17 bits per heavy atom. The molecule has 6 heteroatoms. The zero-order valence-electron chi connectivity index (χ0n) is 12.6. The van der Waals surface area contributed by atoms with Crippen LogP contribution in [-0.2, 0) is 0 Å².